The van der Waals surface area contributed by atoms with Gasteiger partial charge in [0.2, 0.25) is 5.89 Å². The quantitative estimate of drug-likeness (QED) is 0.363. The molecule has 2 aromatic rings. The van der Waals surface area contributed by atoms with E-state index in [1.807, 2.05) is 27.7 Å². The molecular weight excluding hydrogens is 450 g/mol. The van der Waals surface area contributed by atoms with E-state index in [0.717, 1.165) is 18.0 Å². The third-order valence-electron chi connectivity index (χ3n) is 3.48. The first kappa shape index (κ1) is 22.2. The molecule has 2 rings (SSSR count). The van der Waals surface area contributed by atoms with Gasteiger partial charge in [-0.1, -0.05) is 6.07 Å². The van der Waals surface area contributed by atoms with Crippen LogP contribution in [0.3, 0.4) is 0 Å². The van der Waals surface area contributed by atoms with Crippen molar-refractivity contribution in [3.63, 3.8) is 0 Å². The Morgan fingerprint density at radius 3 is 2.73 bits per heavy atom. The Morgan fingerprint density at radius 1 is 1.35 bits per heavy atom. The number of rotatable bonds is 7. The number of nitrogens with zero attached hydrogens (tertiary/aromatic N) is 2. The van der Waals surface area contributed by atoms with E-state index in [1.54, 1.807) is 12.1 Å². The summed E-state index contributed by atoms with van der Waals surface area (Å²) in [5, 5.41) is 6.35. The van der Waals surface area contributed by atoms with E-state index in [2.05, 4.69) is 20.6 Å². The zero-order valence-electron chi connectivity index (χ0n) is 15.5. The number of benzene rings is 1. The molecule has 1 atom stereocenters. The van der Waals surface area contributed by atoms with E-state index < -0.39 is 0 Å². The second kappa shape index (κ2) is 11.0. The average Bonchev–Trinajstić information content (AvgIpc) is 2.88. The van der Waals surface area contributed by atoms with Gasteiger partial charge >= 0.3 is 0 Å². The number of ether oxygens (including phenoxy) is 1. The van der Waals surface area contributed by atoms with Crippen LogP contribution in [-0.4, -0.2) is 30.1 Å². The number of hydrogen-bond acceptors (Lipinski definition) is 4. The Labute approximate surface area is 170 Å². The second-order valence-corrected chi connectivity index (χ2v) is 5.71. The van der Waals surface area contributed by atoms with E-state index in [9.17, 15) is 4.39 Å². The van der Waals surface area contributed by atoms with Gasteiger partial charge in [0, 0.05) is 12.6 Å². The molecule has 0 amide bonds. The lowest BCUT2D eigenvalue weighted by Crippen LogP contribution is -2.41. The minimum absolute atomic E-state index is 0. The number of hydrogen-bond donors (Lipinski definition) is 2. The van der Waals surface area contributed by atoms with Gasteiger partial charge in [0.1, 0.15) is 30.0 Å². The number of guanidine groups is 1. The molecule has 26 heavy (non-hydrogen) atoms. The van der Waals surface area contributed by atoms with Crippen molar-refractivity contribution in [3.8, 4) is 5.75 Å². The molecule has 0 radical (unpaired) electrons. The maximum Gasteiger partial charge on any atom is 0.216 e. The van der Waals surface area contributed by atoms with Gasteiger partial charge in [0.25, 0.3) is 0 Å². The predicted octanol–water partition coefficient (Wildman–Crippen LogP) is 3.57. The molecule has 1 aromatic carbocycles. The predicted molar refractivity (Wildman–Crippen MR) is 111 cm³/mol. The summed E-state index contributed by atoms with van der Waals surface area (Å²) < 4.78 is 24.4. The number of aliphatic imine (C=N–C) groups is 1. The van der Waals surface area contributed by atoms with Gasteiger partial charge in [-0.2, -0.15) is 0 Å². The fourth-order valence-electron chi connectivity index (χ4n) is 2.15. The molecule has 6 nitrogen and oxygen atoms in total. The first-order valence-electron chi connectivity index (χ1n) is 8.35. The van der Waals surface area contributed by atoms with Crippen LogP contribution in [0.5, 0.6) is 5.75 Å². The molecule has 1 aromatic heterocycles. The van der Waals surface area contributed by atoms with Crippen LogP contribution in [-0.2, 0) is 6.54 Å². The van der Waals surface area contributed by atoms with Crippen molar-refractivity contribution in [1.29, 1.82) is 0 Å². The number of oxazole rings is 1. The van der Waals surface area contributed by atoms with Crippen LogP contribution in [0.4, 0.5) is 4.39 Å². The molecule has 144 valence electrons. The molecule has 0 saturated heterocycles. The SMILES string of the molecule is CCNC(=NCc1nc(C)c(C)o1)NCC(C)Oc1cccc(F)c1.I. The van der Waals surface area contributed by atoms with Gasteiger partial charge in [-0.3, -0.25) is 0 Å². The van der Waals surface area contributed by atoms with Crippen molar-refractivity contribution in [2.45, 2.75) is 40.3 Å². The van der Waals surface area contributed by atoms with Crippen molar-refractivity contribution >= 4 is 29.9 Å². The van der Waals surface area contributed by atoms with Gasteiger partial charge < -0.3 is 19.8 Å². The summed E-state index contributed by atoms with van der Waals surface area (Å²) in [6.45, 7) is 9.28. The highest BCUT2D eigenvalue weighted by atomic mass is 127. The molecule has 0 aliphatic rings. The highest BCUT2D eigenvalue weighted by Crippen LogP contribution is 2.13. The summed E-state index contributed by atoms with van der Waals surface area (Å²) in [6, 6.07) is 6.10. The second-order valence-electron chi connectivity index (χ2n) is 5.71. The Balaban J connectivity index is 0.00000338. The van der Waals surface area contributed by atoms with Crippen LogP contribution in [0.2, 0.25) is 0 Å². The van der Waals surface area contributed by atoms with Gasteiger partial charge in [0.15, 0.2) is 5.96 Å². The average molecular weight is 476 g/mol. The standard InChI is InChI=1S/C18H25FN4O2.HI/c1-5-20-18(22-11-17-23-13(3)14(4)25-17)21-10-12(2)24-16-8-6-7-15(19)9-16;/h6-9,12H,5,10-11H2,1-4H3,(H2,20,21,22);1H. The topological polar surface area (TPSA) is 71.7 Å². The lowest BCUT2D eigenvalue weighted by atomic mass is 10.3. The molecule has 1 heterocycles. The fraction of sp³-hybridized carbons (Fsp3) is 0.444. The molecule has 0 saturated carbocycles. The zero-order chi connectivity index (χ0) is 18.2. The van der Waals surface area contributed by atoms with Crippen molar-refractivity contribution in [1.82, 2.24) is 15.6 Å². The van der Waals surface area contributed by atoms with Crippen LogP contribution in [0.1, 0.15) is 31.2 Å². The number of halogens is 2. The number of aryl methyl sites for hydroxylation is 2. The van der Waals surface area contributed by atoms with Crippen LogP contribution in [0.15, 0.2) is 33.7 Å². The summed E-state index contributed by atoms with van der Waals surface area (Å²) in [5.41, 5.74) is 0.875. The highest BCUT2D eigenvalue weighted by Gasteiger charge is 2.08. The van der Waals surface area contributed by atoms with Crippen molar-refractivity contribution in [2.24, 2.45) is 4.99 Å². The maximum atomic E-state index is 13.2. The largest absolute Gasteiger partial charge is 0.489 e. The van der Waals surface area contributed by atoms with Crippen LogP contribution in [0.25, 0.3) is 0 Å². The van der Waals surface area contributed by atoms with E-state index in [0.29, 0.717) is 30.7 Å². The van der Waals surface area contributed by atoms with Crippen LogP contribution >= 0.6 is 24.0 Å². The van der Waals surface area contributed by atoms with Crippen LogP contribution in [0, 0.1) is 19.7 Å². The first-order valence-corrected chi connectivity index (χ1v) is 8.35. The van der Waals surface area contributed by atoms with E-state index in [4.69, 9.17) is 9.15 Å². The smallest absolute Gasteiger partial charge is 0.216 e. The van der Waals surface area contributed by atoms with Gasteiger partial charge in [-0.15, -0.1) is 24.0 Å². The molecule has 0 aliphatic heterocycles. The Morgan fingerprint density at radius 2 is 2.12 bits per heavy atom. The third-order valence-corrected chi connectivity index (χ3v) is 3.48. The Kier molecular flexibility index (Phi) is 9.39. The molecular formula is C18H26FIN4O2. The molecule has 0 aliphatic carbocycles. The molecule has 0 bridgehead atoms. The summed E-state index contributed by atoms with van der Waals surface area (Å²) in [5.74, 6) is 2.22. The first-order chi connectivity index (χ1) is 12.0. The van der Waals surface area contributed by atoms with Crippen molar-refractivity contribution in [3.05, 3.63) is 47.4 Å². The maximum absolute atomic E-state index is 13.2. The minimum Gasteiger partial charge on any atom is -0.489 e. The Hall–Kier alpha value is -1.84. The number of nitrogens with one attached hydrogen (secondary N) is 2. The fourth-order valence-corrected chi connectivity index (χ4v) is 2.15. The molecule has 2 N–H and O–H groups in total. The molecule has 8 heteroatoms. The lowest BCUT2D eigenvalue weighted by molar-refractivity contribution is 0.223. The van der Waals surface area contributed by atoms with E-state index >= 15 is 0 Å². The minimum atomic E-state index is -0.316. The Bertz CT molecular complexity index is 701. The van der Waals surface area contributed by atoms with Crippen molar-refractivity contribution in [2.75, 3.05) is 13.1 Å². The van der Waals surface area contributed by atoms with E-state index in [-0.39, 0.29) is 35.9 Å². The summed E-state index contributed by atoms with van der Waals surface area (Å²) in [6.07, 6.45) is -0.156. The van der Waals surface area contributed by atoms with Crippen LogP contribution < -0.4 is 15.4 Å². The van der Waals surface area contributed by atoms with Gasteiger partial charge in [0.05, 0.1) is 12.2 Å². The summed E-state index contributed by atoms with van der Waals surface area (Å²) in [7, 11) is 0. The monoisotopic (exact) mass is 476 g/mol. The van der Waals surface area contributed by atoms with Gasteiger partial charge in [-0.25, -0.2) is 14.4 Å². The van der Waals surface area contributed by atoms with Crippen molar-refractivity contribution < 1.29 is 13.5 Å². The zero-order valence-corrected chi connectivity index (χ0v) is 17.8. The van der Waals surface area contributed by atoms with Gasteiger partial charge in [-0.05, 0) is 39.8 Å². The summed E-state index contributed by atoms with van der Waals surface area (Å²) in [4.78, 5) is 8.77. The molecule has 0 fully saturated rings. The lowest BCUT2D eigenvalue weighted by Gasteiger charge is -2.17. The third kappa shape index (κ3) is 7.19. The number of aromatic nitrogens is 1. The van der Waals surface area contributed by atoms with E-state index in [1.165, 1.54) is 12.1 Å². The normalized spacial score (nSPS) is 12.3. The molecule has 1 unspecified atom stereocenters. The summed E-state index contributed by atoms with van der Waals surface area (Å²) >= 11 is 0. The highest BCUT2D eigenvalue weighted by molar-refractivity contribution is 14.0. The molecule has 0 spiro atoms.